The smallest absolute Gasteiger partial charge is 0.253 e. The molecule has 1 unspecified atom stereocenters. The molecule has 0 saturated carbocycles. The van der Waals surface area contributed by atoms with Crippen LogP contribution in [0.5, 0.6) is 0 Å². The standard InChI is InChI=1S/C10H12Br2ClNOS/c1-2-3-6(13)5-14-10(15)7-4-8(11)16-9(7)12/h4,6H,2-3,5H2,1H3,(H,14,15). The molecule has 0 fully saturated rings. The van der Waals surface area contributed by atoms with Gasteiger partial charge in [0.25, 0.3) is 5.91 Å². The van der Waals surface area contributed by atoms with E-state index in [1.54, 1.807) is 6.07 Å². The van der Waals surface area contributed by atoms with Gasteiger partial charge in [0, 0.05) is 6.54 Å². The van der Waals surface area contributed by atoms with Crippen LogP contribution < -0.4 is 5.32 Å². The van der Waals surface area contributed by atoms with Gasteiger partial charge in [0.15, 0.2) is 0 Å². The number of alkyl halides is 1. The van der Waals surface area contributed by atoms with Gasteiger partial charge < -0.3 is 5.32 Å². The molecule has 1 rings (SSSR count). The first-order chi connectivity index (χ1) is 7.54. The van der Waals surface area contributed by atoms with E-state index in [0.29, 0.717) is 12.1 Å². The molecule has 2 nitrogen and oxygen atoms in total. The Kier molecular flexibility index (Phi) is 6.32. The van der Waals surface area contributed by atoms with Crippen LogP contribution in [0, 0.1) is 0 Å². The summed E-state index contributed by atoms with van der Waals surface area (Å²) in [5.41, 5.74) is 0.650. The molecule has 1 aromatic heterocycles. The van der Waals surface area contributed by atoms with E-state index in [2.05, 4.69) is 44.1 Å². The molecular formula is C10H12Br2ClNOS. The Morgan fingerprint density at radius 2 is 2.31 bits per heavy atom. The summed E-state index contributed by atoms with van der Waals surface area (Å²) in [6.45, 7) is 2.58. The first kappa shape index (κ1) is 14.5. The summed E-state index contributed by atoms with van der Waals surface area (Å²) in [5.74, 6) is -0.0874. The van der Waals surface area contributed by atoms with Crippen molar-refractivity contribution < 1.29 is 4.79 Å². The van der Waals surface area contributed by atoms with Crippen molar-refractivity contribution in [2.24, 2.45) is 0 Å². The second-order valence-corrected chi connectivity index (χ2v) is 7.70. The number of thiophene rings is 1. The van der Waals surface area contributed by atoms with Gasteiger partial charge in [-0.1, -0.05) is 13.3 Å². The van der Waals surface area contributed by atoms with Gasteiger partial charge in [-0.3, -0.25) is 4.79 Å². The molecule has 0 aromatic carbocycles. The highest BCUT2D eigenvalue weighted by Crippen LogP contribution is 2.31. The predicted octanol–water partition coefficient (Wildman–Crippen LogP) is 4.41. The van der Waals surface area contributed by atoms with Gasteiger partial charge in [0.2, 0.25) is 0 Å². The van der Waals surface area contributed by atoms with Crippen LogP contribution in [0.25, 0.3) is 0 Å². The Morgan fingerprint density at radius 1 is 1.62 bits per heavy atom. The molecule has 16 heavy (non-hydrogen) atoms. The third-order valence-corrected chi connectivity index (χ3v) is 4.70. The monoisotopic (exact) mass is 387 g/mol. The van der Waals surface area contributed by atoms with Crippen molar-refractivity contribution in [1.82, 2.24) is 5.32 Å². The minimum Gasteiger partial charge on any atom is -0.350 e. The molecule has 1 amide bonds. The van der Waals surface area contributed by atoms with Crippen LogP contribution in [0.3, 0.4) is 0 Å². The lowest BCUT2D eigenvalue weighted by atomic mass is 10.2. The van der Waals surface area contributed by atoms with E-state index in [0.717, 1.165) is 20.4 Å². The lowest BCUT2D eigenvalue weighted by molar-refractivity contribution is 0.0953. The van der Waals surface area contributed by atoms with Crippen molar-refractivity contribution in [2.75, 3.05) is 6.54 Å². The fraction of sp³-hybridized carbons (Fsp3) is 0.500. The zero-order chi connectivity index (χ0) is 12.1. The number of carbonyl (C=O) groups is 1. The van der Waals surface area contributed by atoms with E-state index < -0.39 is 0 Å². The minimum absolute atomic E-state index is 0.00908. The van der Waals surface area contributed by atoms with Crippen molar-refractivity contribution in [3.8, 4) is 0 Å². The van der Waals surface area contributed by atoms with E-state index in [1.807, 2.05) is 0 Å². The highest BCUT2D eigenvalue weighted by Gasteiger charge is 2.14. The molecule has 1 heterocycles. The fourth-order valence-corrected chi connectivity index (χ4v) is 4.30. The maximum absolute atomic E-state index is 11.8. The zero-order valence-electron chi connectivity index (χ0n) is 8.73. The van der Waals surface area contributed by atoms with Gasteiger partial charge in [-0.25, -0.2) is 0 Å². The third kappa shape index (κ3) is 4.35. The Hall–Kier alpha value is 0.420. The maximum Gasteiger partial charge on any atom is 0.253 e. The van der Waals surface area contributed by atoms with Crippen molar-refractivity contribution in [3.05, 3.63) is 19.2 Å². The SMILES string of the molecule is CCCC(Cl)CNC(=O)c1cc(Br)sc1Br. The number of rotatable bonds is 5. The van der Waals surface area contributed by atoms with Gasteiger partial charge in [-0.15, -0.1) is 22.9 Å². The molecule has 0 radical (unpaired) electrons. The topological polar surface area (TPSA) is 29.1 Å². The molecule has 0 bridgehead atoms. The summed E-state index contributed by atoms with van der Waals surface area (Å²) >= 11 is 14.2. The van der Waals surface area contributed by atoms with Gasteiger partial charge in [-0.2, -0.15) is 0 Å². The highest BCUT2D eigenvalue weighted by molar-refractivity contribution is 9.12. The van der Waals surface area contributed by atoms with Crippen LogP contribution in [0.1, 0.15) is 30.1 Å². The average molecular weight is 390 g/mol. The first-order valence-electron chi connectivity index (χ1n) is 4.91. The van der Waals surface area contributed by atoms with E-state index in [4.69, 9.17) is 11.6 Å². The highest BCUT2D eigenvalue weighted by atomic mass is 79.9. The summed E-state index contributed by atoms with van der Waals surface area (Å²) in [4.78, 5) is 11.8. The Morgan fingerprint density at radius 3 is 2.81 bits per heavy atom. The summed E-state index contributed by atoms with van der Waals surface area (Å²) in [7, 11) is 0. The molecule has 1 atom stereocenters. The predicted molar refractivity (Wildman–Crippen MR) is 76.6 cm³/mol. The Balaban J connectivity index is 2.50. The van der Waals surface area contributed by atoms with Gasteiger partial charge in [0.1, 0.15) is 0 Å². The normalized spacial score (nSPS) is 12.5. The van der Waals surface area contributed by atoms with E-state index in [1.165, 1.54) is 11.3 Å². The van der Waals surface area contributed by atoms with Crippen molar-refractivity contribution in [2.45, 2.75) is 25.1 Å². The van der Waals surface area contributed by atoms with Crippen LogP contribution in [0.15, 0.2) is 13.6 Å². The quantitative estimate of drug-likeness (QED) is 0.743. The summed E-state index contributed by atoms with van der Waals surface area (Å²) in [6.07, 6.45) is 1.94. The van der Waals surface area contributed by atoms with Gasteiger partial charge >= 0.3 is 0 Å². The van der Waals surface area contributed by atoms with Gasteiger partial charge in [-0.05, 0) is 44.3 Å². The van der Waals surface area contributed by atoms with Gasteiger partial charge in [0.05, 0.1) is 18.5 Å². The second kappa shape index (κ2) is 6.99. The van der Waals surface area contributed by atoms with Crippen LogP contribution >= 0.6 is 54.8 Å². The molecule has 0 saturated heterocycles. The second-order valence-electron chi connectivity index (χ2n) is 3.33. The van der Waals surface area contributed by atoms with E-state index in [9.17, 15) is 4.79 Å². The van der Waals surface area contributed by atoms with Crippen molar-refractivity contribution >= 4 is 60.7 Å². The summed E-state index contributed by atoms with van der Waals surface area (Å²) in [6, 6.07) is 1.80. The zero-order valence-corrected chi connectivity index (χ0v) is 13.5. The Bertz CT molecular complexity index is 370. The van der Waals surface area contributed by atoms with Crippen LogP contribution in [-0.4, -0.2) is 17.8 Å². The molecule has 90 valence electrons. The molecule has 1 N–H and O–H groups in total. The Labute approximate surface area is 121 Å². The average Bonchev–Trinajstić information content (AvgIpc) is 2.55. The molecule has 1 aromatic rings. The molecule has 0 aliphatic rings. The lowest BCUT2D eigenvalue weighted by Gasteiger charge is -2.09. The maximum atomic E-state index is 11.8. The summed E-state index contributed by atoms with van der Waals surface area (Å²) < 4.78 is 1.76. The number of carbonyl (C=O) groups excluding carboxylic acids is 1. The van der Waals surface area contributed by atoms with E-state index >= 15 is 0 Å². The molecule has 0 aliphatic carbocycles. The van der Waals surface area contributed by atoms with Crippen LogP contribution in [0.4, 0.5) is 0 Å². The number of hydrogen-bond donors (Lipinski definition) is 1. The number of nitrogens with one attached hydrogen (secondary N) is 1. The molecule has 0 aliphatic heterocycles. The van der Waals surface area contributed by atoms with Crippen LogP contribution in [-0.2, 0) is 0 Å². The molecule has 6 heteroatoms. The van der Waals surface area contributed by atoms with Crippen molar-refractivity contribution in [3.63, 3.8) is 0 Å². The van der Waals surface area contributed by atoms with Crippen molar-refractivity contribution in [1.29, 1.82) is 0 Å². The first-order valence-corrected chi connectivity index (χ1v) is 7.75. The molecular weight excluding hydrogens is 377 g/mol. The number of halogens is 3. The fourth-order valence-electron chi connectivity index (χ4n) is 1.21. The number of hydrogen-bond acceptors (Lipinski definition) is 2. The molecule has 0 spiro atoms. The minimum atomic E-state index is -0.0874. The van der Waals surface area contributed by atoms with Crippen LogP contribution in [0.2, 0.25) is 0 Å². The number of amides is 1. The third-order valence-electron chi connectivity index (χ3n) is 1.99. The van der Waals surface area contributed by atoms with E-state index in [-0.39, 0.29) is 11.3 Å². The largest absolute Gasteiger partial charge is 0.350 e. The lowest BCUT2D eigenvalue weighted by Crippen LogP contribution is -2.29. The summed E-state index contributed by atoms with van der Waals surface area (Å²) in [5, 5.41) is 2.83.